The summed E-state index contributed by atoms with van der Waals surface area (Å²) in [7, 11) is 0. The van der Waals surface area contributed by atoms with Crippen LogP contribution in [0.2, 0.25) is 0 Å². The minimum Gasteiger partial charge on any atom is -0.310 e. The molecule has 1 N–H and O–H groups in total. The van der Waals surface area contributed by atoms with E-state index in [1.54, 1.807) is 6.92 Å². The first-order valence-electron chi connectivity index (χ1n) is 5.65. The van der Waals surface area contributed by atoms with E-state index in [0.717, 1.165) is 6.29 Å². The zero-order chi connectivity index (χ0) is 13.7. The largest absolute Gasteiger partial charge is 0.310 e. The van der Waals surface area contributed by atoms with Gasteiger partial charge in [0.25, 0.3) is 0 Å². The molecule has 0 unspecified atom stereocenters. The Labute approximate surface area is 104 Å². The van der Waals surface area contributed by atoms with Gasteiger partial charge in [-0.1, -0.05) is 0 Å². The summed E-state index contributed by atoms with van der Waals surface area (Å²) in [5.74, 6) is 0. The molecule has 0 aliphatic heterocycles. The third-order valence-corrected chi connectivity index (χ3v) is 2.64. The lowest BCUT2D eigenvalue weighted by Crippen LogP contribution is -2.11. The molecule has 0 aliphatic rings. The molecular formula is C11H16N4O3. The smallest absolute Gasteiger partial charge is 0.309 e. The standard InChI is InChI=1S/C11H16N4O3/c1-8(6-10(12)4-3-5-16)14-7-11(15(17)18)9(2)13-14/h5,7-8,12H,3-4,6H2,1-2H3/t8-/m0/s1. The Morgan fingerprint density at radius 2 is 2.39 bits per heavy atom. The van der Waals surface area contributed by atoms with E-state index in [4.69, 9.17) is 5.41 Å². The van der Waals surface area contributed by atoms with Gasteiger partial charge in [0.2, 0.25) is 0 Å². The molecule has 0 fully saturated rings. The molecule has 0 saturated carbocycles. The van der Waals surface area contributed by atoms with Crippen LogP contribution in [0.15, 0.2) is 6.20 Å². The first-order valence-corrected chi connectivity index (χ1v) is 5.65. The van der Waals surface area contributed by atoms with Crippen LogP contribution in [0.25, 0.3) is 0 Å². The second-order valence-electron chi connectivity index (χ2n) is 4.20. The van der Waals surface area contributed by atoms with Gasteiger partial charge in [0, 0.05) is 18.6 Å². The molecule has 0 aliphatic carbocycles. The predicted molar refractivity (Wildman–Crippen MR) is 66.0 cm³/mol. The summed E-state index contributed by atoms with van der Waals surface area (Å²) >= 11 is 0. The first-order chi connectivity index (χ1) is 8.45. The van der Waals surface area contributed by atoms with Crippen molar-refractivity contribution in [3.63, 3.8) is 0 Å². The van der Waals surface area contributed by atoms with Crippen molar-refractivity contribution in [2.75, 3.05) is 0 Å². The second kappa shape index (κ2) is 6.04. The van der Waals surface area contributed by atoms with Crippen LogP contribution in [0.1, 0.15) is 37.9 Å². The van der Waals surface area contributed by atoms with Gasteiger partial charge in [-0.05, 0) is 20.3 Å². The lowest BCUT2D eigenvalue weighted by molar-refractivity contribution is -0.385. The normalized spacial score (nSPS) is 12.1. The number of rotatable bonds is 7. The molecule has 1 aromatic rings. The number of nitrogens with one attached hydrogen (secondary N) is 1. The molecule has 7 heteroatoms. The predicted octanol–water partition coefficient (Wildman–Crippen LogP) is 2.05. The average Bonchev–Trinajstić information content (AvgIpc) is 2.68. The Hall–Kier alpha value is -2.05. The lowest BCUT2D eigenvalue weighted by atomic mass is 10.1. The maximum absolute atomic E-state index is 10.7. The van der Waals surface area contributed by atoms with Crippen LogP contribution in [-0.4, -0.2) is 26.7 Å². The van der Waals surface area contributed by atoms with Crippen LogP contribution < -0.4 is 0 Å². The molecule has 0 aromatic carbocycles. The fourth-order valence-electron chi connectivity index (χ4n) is 1.66. The van der Waals surface area contributed by atoms with Gasteiger partial charge in [-0.3, -0.25) is 14.8 Å². The average molecular weight is 252 g/mol. The molecule has 0 spiro atoms. The number of carbonyl (C=O) groups is 1. The minimum atomic E-state index is -0.469. The summed E-state index contributed by atoms with van der Waals surface area (Å²) in [6.45, 7) is 3.42. The monoisotopic (exact) mass is 252 g/mol. The summed E-state index contributed by atoms with van der Waals surface area (Å²) in [6, 6.07) is -0.128. The van der Waals surface area contributed by atoms with E-state index in [1.807, 2.05) is 6.92 Å². The van der Waals surface area contributed by atoms with Crippen molar-refractivity contribution in [2.45, 2.75) is 39.2 Å². The molecule has 0 radical (unpaired) electrons. The summed E-state index contributed by atoms with van der Waals surface area (Å²) < 4.78 is 1.50. The van der Waals surface area contributed by atoms with Crippen molar-refractivity contribution >= 4 is 17.7 Å². The van der Waals surface area contributed by atoms with E-state index >= 15 is 0 Å². The highest BCUT2D eigenvalue weighted by Crippen LogP contribution is 2.20. The third kappa shape index (κ3) is 3.47. The fraction of sp³-hybridized carbons (Fsp3) is 0.545. The van der Waals surface area contributed by atoms with Gasteiger partial charge in [-0.2, -0.15) is 5.10 Å². The van der Waals surface area contributed by atoms with Crippen molar-refractivity contribution in [3.8, 4) is 0 Å². The maximum atomic E-state index is 10.7. The van der Waals surface area contributed by atoms with Crippen LogP contribution in [0.5, 0.6) is 0 Å². The molecule has 7 nitrogen and oxygen atoms in total. The lowest BCUT2D eigenvalue weighted by Gasteiger charge is -2.11. The highest BCUT2D eigenvalue weighted by molar-refractivity contribution is 5.83. The van der Waals surface area contributed by atoms with Gasteiger partial charge < -0.3 is 10.2 Å². The molecule has 0 saturated heterocycles. The Balaban J connectivity index is 2.69. The maximum Gasteiger partial charge on any atom is 0.309 e. The molecule has 1 atom stereocenters. The topological polar surface area (TPSA) is 102 Å². The molecule has 0 amide bonds. The van der Waals surface area contributed by atoms with Crippen molar-refractivity contribution in [3.05, 3.63) is 22.0 Å². The van der Waals surface area contributed by atoms with Gasteiger partial charge in [-0.15, -0.1) is 0 Å². The molecule has 1 heterocycles. The molecule has 98 valence electrons. The first kappa shape index (κ1) is 14.0. The summed E-state index contributed by atoms with van der Waals surface area (Å²) in [5.41, 5.74) is 0.804. The summed E-state index contributed by atoms with van der Waals surface area (Å²) in [5, 5.41) is 22.4. The van der Waals surface area contributed by atoms with Gasteiger partial charge in [-0.25, -0.2) is 0 Å². The Morgan fingerprint density at radius 3 is 2.89 bits per heavy atom. The van der Waals surface area contributed by atoms with Crippen LogP contribution in [0.4, 0.5) is 5.69 Å². The van der Waals surface area contributed by atoms with Crippen molar-refractivity contribution in [2.24, 2.45) is 0 Å². The van der Waals surface area contributed by atoms with Crippen molar-refractivity contribution in [1.82, 2.24) is 9.78 Å². The van der Waals surface area contributed by atoms with Crippen molar-refractivity contribution in [1.29, 1.82) is 5.41 Å². The number of nitrogens with zero attached hydrogens (tertiary/aromatic N) is 3. The quantitative estimate of drug-likeness (QED) is 0.347. The number of carbonyl (C=O) groups excluding carboxylic acids is 1. The summed E-state index contributed by atoms with van der Waals surface area (Å²) in [6.07, 6.45) is 3.36. The minimum absolute atomic E-state index is 0.0127. The zero-order valence-corrected chi connectivity index (χ0v) is 10.4. The van der Waals surface area contributed by atoms with E-state index in [-0.39, 0.29) is 11.7 Å². The molecule has 18 heavy (non-hydrogen) atoms. The zero-order valence-electron chi connectivity index (χ0n) is 10.4. The van der Waals surface area contributed by atoms with Gasteiger partial charge in [0.05, 0.1) is 11.0 Å². The number of hydrogen-bond donors (Lipinski definition) is 1. The number of hydrogen-bond acceptors (Lipinski definition) is 5. The van der Waals surface area contributed by atoms with Crippen LogP contribution in [-0.2, 0) is 4.79 Å². The number of aromatic nitrogens is 2. The summed E-state index contributed by atoms with van der Waals surface area (Å²) in [4.78, 5) is 20.4. The van der Waals surface area contributed by atoms with Crippen LogP contribution in [0.3, 0.4) is 0 Å². The fourth-order valence-corrected chi connectivity index (χ4v) is 1.66. The van der Waals surface area contributed by atoms with E-state index in [9.17, 15) is 14.9 Å². The SMILES string of the molecule is Cc1nn([C@@H](C)CC(=N)CCC=O)cc1[N+](=O)[O-]. The van der Waals surface area contributed by atoms with Crippen LogP contribution >= 0.6 is 0 Å². The van der Waals surface area contributed by atoms with Crippen molar-refractivity contribution < 1.29 is 9.72 Å². The van der Waals surface area contributed by atoms with Gasteiger partial charge >= 0.3 is 5.69 Å². The highest BCUT2D eigenvalue weighted by Gasteiger charge is 2.18. The van der Waals surface area contributed by atoms with E-state index in [2.05, 4.69) is 5.10 Å². The number of aryl methyl sites for hydroxylation is 1. The number of aldehydes is 1. The molecule has 1 rings (SSSR count). The van der Waals surface area contributed by atoms with E-state index in [1.165, 1.54) is 10.9 Å². The Bertz CT molecular complexity index is 467. The molecule has 1 aromatic heterocycles. The van der Waals surface area contributed by atoms with Crippen LogP contribution in [0, 0.1) is 22.4 Å². The van der Waals surface area contributed by atoms with E-state index in [0.29, 0.717) is 30.7 Å². The highest BCUT2D eigenvalue weighted by atomic mass is 16.6. The third-order valence-electron chi connectivity index (χ3n) is 2.64. The van der Waals surface area contributed by atoms with Gasteiger partial charge in [0.1, 0.15) is 18.2 Å². The molecule has 0 bridgehead atoms. The van der Waals surface area contributed by atoms with E-state index < -0.39 is 4.92 Å². The molecular weight excluding hydrogens is 236 g/mol. The van der Waals surface area contributed by atoms with Gasteiger partial charge in [0.15, 0.2) is 0 Å². The Kier molecular flexibility index (Phi) is 4.70. The second-order valence-corrected chi connectivity index (χ2v) is 4.20. The number of nitro groups is 1. The Morgan fingerprint density at radius 1 is 1.72 bits per heavy atom.